The molecule has 5 nitrogen and oxygen atoms in total. The van der Waals surface area contributed by atoms with Gasteiger partial charge in [-0.25, -0.2) is 0 Å². The van der Waals surface area contributed by atoms with E-state index < -0.39 is 11.7 Å². The molecule has 0 spiro atoms. The van der Waals surface area contributed by atoms with Gasteiger partial charge in [-0.3, -0.25) is 15.0 Å². The Kier molecular flexibility index (Phi) is 9.22. The molecular weight excluding hydrogens is 829 g/mol. The number of hydrogen-bond donors (Lipinski definition) is 1. The van der Waals surface area contributed by atoms with Gasteiger partial charge in [-0.2, -0.15) is 13.2 Å². The van der Waals surface area contributed by atoms with Gasteiger partial charge in [0.25, 0.3) is 0 Å². The zero-order valence-electron chi connectivity index (χ0n) is 29.0. The molecule has 262 valence electrons. The third-order valence-corrected chi connectivity index (χ3v) is 9.07. The molecule has 0 aliphatic rings. The molecule has 0 unspecified atom stereocenters. The molecule has 3 aromatic heterocycles. The molecule has 51 heavy (non-hydrogen) atoms. The Balaban J connectivity index is 0.00000448. The number of hydrogen-bond acceptors (Lipinski definition) is 4. The number of halogens is 3. The molecule has 0 amide bonds. The third-order valence-electron chi connectivity index (χ3n) is 9.07. The van der Waals surface area contributed by atoms with Crippen molar-refractivity contribution < 1.29 is 39.3 Å². The Hall–Kier alpha value is -4.81. The van der Waals surface area contributed by atoms with Gasteiger partial charge in [0.05, 0.1) is 28.6 Å². The van der Waals surface area contributed by atoms with Crippen molar-refractivity contribution in [2.75, 3.05) is 0 Å². The second-order valence-electron chi connectivity index (χ2n) is 14.7. The van der Waals surface area contributed by atoms with Gasteiger partial charge in [0.1, 0.15) is 5.75 Å². The summed E-state index contributed by atoms with van der Waals surface area (Å²) in [5, 5.41) is 11.8. The summed E-state index contributed by atoms with van der Waals surface area (Å²) >= 11 is 0. The van der Waals surface area contributed by atoms with Gasteiger partial charge < -0.3 is 9.67 Å². The van der Waals surface area contributed by atoms with E-state index in [-0.39, 0.29) is 48.8 Å². The van der Waals surface area contributed by atoms with E-state index in [0.717, 1.165) is 57.0 Å². The Bertz CT molecular complexity index is 2400. The van der Waals surface area contributed by atoms with Gasteiger partial charge in [0.15, 0.2) is 0 Å². The summed E-state index contributed by atoms with van der Waals surface area (Å²) < 4.78 is 43.3. The van der Waals surface area contributed by atoms with Crippen molar-refractivity contribution in [3.05, 3.63) is 126 Å². The smallest absolute Gasteiger partial charge is 0.416 e. The number of alkyl halides is 3. The molecular formula is C42H36F3N4OPt-. The number of phenols is 1. The monoisotopic (exact) mass is 864 g/mol. The predicted molar refractivity (Wildman–Crippen MR) is 193 cm³/mol. The van der Waals surface area contributed by atoms with E-state index >= 15 is 0 Å². The fraction of sp³-hybridized carbons (Fsp3) is 0.214. The largest absolute Gasteiger partial charge is 0.507 e. The summed E-state index contributed by atoms with van der Waals surface area (Å²) in [6.45, 7) is 13.0. The average Bonchev–Trinajstić information content (AvgIpc) is 3.47. The molecule has 9 heteroatoms. The number of aromatic nitrogens is 4. The Morgan fingerprint density at radius 3 is 2.02 bits per heavy atom. The van der Waals surface area contributed by atoms with Crippen molar-refractivity contribution in [1.29, 1.82) is 0 Å². The van der Waals surface area contributed by atoms with E-state index in [0.29, 0.717) is 22.4 Å². The molecule has 0 aliphatic carbocycles. The quantitative estimate of drug-likeness (QED) is 0.179. The Morgan fingerprint density at radius 2 is 1.33 bits per heavy atom. The number of phenolic OH excluding ortho intramolecular Hbond substituents is 1. The van der Waals surface area contributed by atoms with Crippen molar-refractivity contribution in [3.8, 4) is 45.1 Å². The molecule has 1 N–H and O–H groups in total. The van der Waals surface area contributed by atoms with Crippen LogP contribution in [0.3, 0.4) is 0 Å². The van der Waals surface area contributed by atoms with Crippen molar-refractivity contribution >= 4 is 21.9 Å². The van der Waals surface area contributed by atoms with Crippen molar-refractivity contribution in [3.63, 3.8) is 0 Å². The van der Waals surface area contributed by atoms with Crippen LogP contribution in [0.25, 0.3) is 61.3 Å². The van der Waals surface area contributed by atoms with Gasteiger partial charge in [0.2, 0.25) is 0 Å². The number of nitrogens with zero attached hydrogens (tertiary/aromatic N) is 4. The summed E-state index contributed by atoms with van der Waals surface area (Å²) in [6, 6.07) is 28.8. The second kappa shape index (κ2) is 13.1. The standard InChI is InChI=1S/C42H36F3N4O.Pt/c1-40(2,3)28-12-15-31(16-13-28)49-35-24-46-23-34(33-21-29(42(43,44)45)14-17-36(33)50)38(35)48-39(49)27-10-7-9-25(19-27)32-22-30(41(4,5)6)20-26-11-8-18-47-37(26)32;/h7-18,20-24,50H,1-6H3;/q-1;. The van der Waals surface area contributed by atoms with Crippen LogP contribution in [0, 0.1) is 6.07 Å². The Labute approximate surface area is 309 Å². The first-order valence-electron chi connectivity index (χ1n) is 16.4. The topological polar surface area (TPSA) is 63.8 Å². The van der Waals surface area contributed by atoms with Crippen molar-refractivity contribution in [1.82, 2.24) is 19.5 Å². The average molecular weight is 865 g/mol. The molecule has 0 saturated carbocycles. The molecule has 0 radical (unpaired) electrons. The summed E-state index contributed by atoms with van der Waals surface area (Å²) in [4.78, 5) is 14.2. The molecule has 4 aromatic carbocycles. The summed E-state index contributed by atoms with van der Waals surface area (Å²) in [7, 11) is 0. The zero-order valence-corrected chi connectivity index (χ0v) is 31.3. The first-order chi connectivity index (χ1) is 23.6. The summed E-state index contributed by atoms with van der Waals surface area (Å²) in [6.07, 6.45) is 0.274. The molecule has 0 aliphatic heterocycles. The second-order valence-corrected chi connectivity index (χ2v) is 14.7. The van der Waals surface area contributed by atoms with E-state index in [1.54, 1.807) is 12.4 Å². The van der Waals surface area contributed by atoms with Crippen molar-refractivity contribution in [2.45, 2.75) is 58.5 Å². The summed E-state index contributed by atoms with van der Waals surface area (Å²) in [5.41, 5.74) is 6.56. The maximum absolute atomic E-state index is 13.8. The van der Waals surface area contributed by atoms with Gasteiger partial charge in [0, 0.05) is 55.8 Å². The van der Waals surface area contributed by atoms with Crippen LogP contribution in [0.15, 0.2) is 104 Å². The first-order valence-corrected chi connectivity index (χ1v) is 16.4. The first kappa shape index (κ1) is 36.0. The van der Waals surface area contributed by atoms with Gasteiger partial charge >= 0.3 is 6.18 Å². The third kappa shape index (κ3) is 6.82. The fourth-order valence-corrected chi connectivity index (χ4v) is 6.26. The SMILES string of the molecule is CC(C)(C)c1ccc(-n2c(-c3[c-]c(-c4cc(C(C)(C)C)cc5cccnc45)ccc3)nc3c(-c4cc(C(F)(F)F)ccc4O)cncc32)cc1.[Pt]. The molecule has 0 fully saturated rings. The van der Waals surface area contributed by atoms with Crippen molar-refractivity contribution in [2.24, 2.45) is 0 Å². The molecule has 7 aromatic rings. The molecule has 0 saturated heterocycles. The molecule has 0 bridgehead atoms. The minimum absolute atomic E-state index is 0. The number of benzene rings is 4. The zero-order chi connectivity index (χ0) is 35.6. The number of pyridine rings is 2. The normalized spacial score (nSPS) is 12.3. The van der Waals surface area contributed by atoms with Crippen LogP contribution in [0.2, 0.25) is 0 Å². The van der Waals surface area contributed by atoms with E-state index in [1.807, 2.05) is 41.0 Å². The fourth-order valence-electron chi connectivity index (χ4n) is 6.26. The van der Waals surface area contributed by atoms with E-state index in [2.05, 4.69) is 82.9 Å². The molecule has 0 atom stereocenters. The molecule has 7 rings (SSSR count). The number of fused-ring (bicyclic) bond motifs is 2. The van der Waals surface area contributed by atoms with Crippen LogP contribution in [0.5, 0.6) is 5.75 Å². The van der Waals surface area contributed by atoms with Crippen LogP contribution in [0.4, 0.5) is 13.2 Å². The minimum Gasteiger partial charge on any atom is -0.507 e. The van der Waals surface area contributed by atoms with E-state index in [4.69, 9.17) is 9.97 Å². The van der Waals surface area contributed by atoms with Crippen LogP contribution in [-0.4, -0.2) is 24.6 Å². The predicted octanol–water partition coefficient (Wildman–Crippen LogP) is 11.1. The van der Waals surface area contributed by atoms with Crippen LogP contribution >= 0.6 is 0 Å². The maximum atomic E-state index is 13.8. The van der Waals surface area contributed by atoms with Gasteiger partial charge in [-0.15, -0.1) is 29.8 Å². The van der Waals surface area contributed by atoms with E-state index in [9.17, 15) is 18.3 Å². The van der Waals surface area contributed by atoms with Crippen LogP contribution in [-0.2, 0) is 38.1 Å². The number of aromatic hydroxyl groups is 1. The molecule has 3 heterocycles. The maximum Gasteiger partial charge on any atom is 0.416 e. The van der Waals surface area contributed by atoms with Crippen LogP contribution < -0.4 is 0 Å². The number of rotatable bonds is 4. The minimum atomic E-state index is -4.60. The number of imidazole rings is 1. The summed E-state index contributed by atoms with van der Waals surface area (Å²) in [5.74, 6) is 0.222. The Morgan fingerprint density at radius 1 is 0.667 bits per heavy atom. The van der Waals surface area contributed by atoms with Gasteiger partial charge in [-0.05, 0) is 63.7 Å². The van der Waals surface area contributed by atoms with Gasteiger partial charge in [-0.1, -0.05) is 83.0 Å². The van der Waals surface area contributed by atoms with E-state index in [1.165, 1.54) is 6.20 Å². The van der Waals surface area contributed by atoms with Crippen LogP contribution in [0.1, 0.15) is 58.2 Å².